The molecule has 0 unspecified atom stereocenters. The van der Waals surface area contributed by atoms with E-state index in [1.54, 1.807) is 12.1 Å². The van der Waals surface area contributed by atoms with Crippen LogP contribution in [0, 0.1) is 18.3 Å². The van der Waals surface area contributed by atoms with Crippen LogP contribution < -0.4 is 9.64 Å². The van der Waals surface area contributed by atoms with Crippen LogP contribution in [0.15, 0.2) is 54.9 Å². The van der Waals surface area contributed by atoms with Crippen LogP contribution in [0.4, 0.5) is 18.9 Å². The van der Waals surface area contributed by atoms with E-state index in [4.69, 9.17) is 4.74 Å². The molecule has 0 atom stereocenters. The Hall–Kier alpha value is -4.10. The van der Waals surface area contributed by atoms with Crippen molar-refractivity contribution < 1.29 is 17.9 Å². The first-order valence-corrected chi connectivity index (χ1v) is 12.5. The number of alkyl halides is 3. The van der Waals surface area contributed by atoms with Gasteiger partial charge in [0, 0.05) is 55.2 Å². The van der Waals surface area contributed by atoms with Crippen molar-refractivity contribution in [3.8, 4) is 17.8 Å². The highest BCUT2D eigenvalue weighted by atomic mass is 19.4. The number of hydrogen-bond acceptors (Lipinski definition) is 6. The Kier molecular flexibility index (Phi) is 7.20. The Morgan fingerprint density at radius 2 is 1.89 bits per heavy atom. The Bertz CT molecular complexity index is 1470. The molecule has 196 valence electrons. The van der Waals surface area contributed by atoms with Gasteiger partial charge in [0.15, 0.2) is 5.69 Å². The number of fused-ring (bicyclic) bond motifs is 1. The van der Waals surface area contributed by atoms with Gasteiger partial charge in [0.1, 0.15) is 5.75 Å². The molecule has 2 aromatic carbocycles. The van der Waals surface area contributed by atoms with Crippen molar-refractivity contribution in [2.75, 3.05) is 37.6 Å². The zero-order valence-corrected chi connectivity index (χ0v) is 20.9. The third kappa shape index (κ3) is 5.73. The van der Waals surface area contributed by atoms with Gasteiger partial charge in [0.2, 0.25) is 0 Å². The van der Waals surface area contributed by atoms with Crippen LogP contribution in [0.5, 0.6) is 11.8 Å². The zero-order valence-electron chi connectivity index (χ0n) is 20.9. The van der Waals surface area contributed by atoms with E-state index in [0.717, 1.165) is 80.0 Å². The summed E-state index contributed by atoms with van der Waals surface area (Å²) in [6.45, 7) is 6.62. The number of aromatic amines is 1. The van der Waals surface area contributed by atoms with Crippen LogP contribution >= 0.6 is 0 Å². The standard InChI is InChI=1S/C28H27F3N6O/c1-19-15-22(38-27-33-9-8-26(35-27)28(29,30)31)5-7-25(19)37-13-11-36(12-14-37)10-2-3-21-18-34-24-6-4-20(17-32)16-23(21)24/h4-9,15-16,18,34H,2-3,10-14H2,1H3. The zero-order chi connectivity index (χ0) is 26.7. The van der Waals surface area contributed by atoms with E-state index >= 15 is 0 Å². The first-order valence-electron chi connectivity index (χ1n) is 12.5. The summed E-state index contributed by atoms with van der Waals surface area (Å²) in [4.78, 5) is 15.3. The fraction of sp³-hybridized carbons (Fsp3) is 0.321. The second-order valence-electron chi connectivity index (χ2n) is 9.39. The molecule has 1 aliphatic heterocycles. The van der Waals surface area contributed by atoms with E-state index in [9.17, 15) is 18.4 Å². The molecule has 0 spiro atoms. The molecule has 0 saturated carbocycles. The van der Waals surface area contributed by atoms with E-state index < -0.39 is 11.9 Å². The number of anilines is 1. The van der Waals surface area contributed by atoms with Gasteiger partial charge in [-0.1, -0.05) is 0 Å². The minimum atomic E-state index is -4.55. The SMILES string of the molecule is Cc1cc(Oc2nccc(C(F)(F)F)n2)ccc1N1CCN(CCCc2c[nH]c3ccc(C#N)cc23)CC1. The van der Waals surface area contributed by atoms with Gasteiger partial charge in [-0.25, -0.2) is 4.98 Å². The van der Waals surface area contributed by atoms with Gasteiger partial charge in [0.25, 0.3) is 0 Å². The highest BCUT2D eigenvalue weighted by Gasteiger charge is 2.33. The molecule has 0 amide bonds. The molecular formula is C28H27F3N6O. The van der Waals surface area contributed by atoms with Gasteiger partial charge < -0.3 is 14.6 Å². The Labute approximate surface area is 218 Å². The molecule has 38 heavy (non-hydrogen) atoms. The van der Waals surface area contributed by atoms with E-state index in [2.05, 4.69) is 30.8 Å². The van der Waals surface area contributed by atoms with Gasteiger partial charge in [0.05, 0.1) is 11.6 Å². The summed E-state index contributed by atoms with van der Waals surface area (Å²) in [6.07, 6.45) is 0.509. The van der Waals surface area contributed by atoms with Crippen molar-refractivity contribution in [1.82, 2.24) is 19.9 Å². The molecule has 2 aromatic heterocycles. The normalized spacial score (nSPS) is 14.6. The molecule has 5 rings (SSSR count). The highest BCUT2D eigenvalue weighted by Crippen LogP contribution is 2.31. The molecule has 3 heterocycles. The number of ether oxygens (including phenoxy) is 1. The van der Waals surface area contributed by atoms with Crippen LogP contribution in [0.25, 0.3) is 10.9 Å². The summed E-state index contributed by atoms with van der Waals surface area (Å²) in [5, 5.41) is 10.3. The minimum absolute atomic E-state index is 0.335. The lowest BCUT2D eigenvalue weighted by Crippen LogP contribution is -2.46. The van der Waals surface area contributed by atoms with Gasteiger partial charge >= 0.3 is 12.2 Å². The summed E-state index contributed by atoms with van der Waals surface area (Å²) in [5.74, 6) is 0.392. The second-order valence-corrected chi connectivity index (χ2v) is 9.39. The lowest BCUT2D eigenvalue weighted by molar-refractivity contribution is -0.141. The molecule has 10 heteroatoms. The molecule has 1 saturated heterocycles. The topological polar surface area (TPSA) is 81.1 Å². The van der Waals surface area contributed by atoms with Gasteiger partial charge in [-0.15, -0.1) is 0 Å². The molecular weight excluding hydrogens is 493 g/mol. The third-order valence-electron chi connectivity index (χ3n) is 6.83. The van der Waals surface area contributed by atoms with Crippen molar-refractivity contribution in [2.45, 2.75) is 25.9 Å². The summed E-state index contributed by atoms with van der Waals surface area (Å²) in [5.41, 5.74) is 3.98. The number of aromatic nitrogens is 3. The molecule has 1 aliphatic rings. The van der Waals surface area contributed by atoms with Crippen molar-refractivity contribution in [1.29, 1.82) is 5.26 Å². The Balaban J connectivity index is 1.13. The average molecular weight is 521 g/mol. The monoisotopic (exact) mass is 520 g/mol. The maximum atomic E-state index is 12.9. The fourth-order valence-corrected chi connectivity index (χ4v) is 4.86. The van der Waals surface area contributed by atoms with E-state index in [0.29, 0.717) is 11.3 Å². The number of halogens is 3. The fourth-order valence-electron chi connectivity index (χ4n) is 4.86. The number of nitrogens with one attached hydrogen (secondary N) is 1. The molecule has 4 aromatic rings. The van der Waals surface area contributed by atoms with Gasteiger partial charge in [-0.2, -0.15) is 23.4 Å². The van der Waals surface area contributed by atoms with E-state index in [-0.39, 0.29) is 6.01 Å². The number of benzene rings is 2. The number of nitrogens with zero attached hydrogens (tertiary/aromatic N) is 5. The maximum Gasteiger partial charge on any atom is 0.433 e. The number of rotatable bonds is 7. The number of piperazine rings is 1. The Morgan fingerprint density at radius 3 is 2.63 bits per heavy atom. The smallest absolute Gasteiger partial charge is 0.424 e. The average Bonchev–Trinajstić information content (AvgIpc) is 3.31. The minimum Gasteiger partial charge on any atom is -0.424 e. The predicted octanol–water partition coefficient (Wildman–Crippen LogP) is 5.70. The van der Waals surface area contributed by atoms with E-state index in [1.165, 1.54) is 5.56 Å². The van der Waals surface area contributed by atoms with Crippen LogP contribution in [0.1, 0.15) is 28.8 Å². The van der Waals surface area contributed by atoms with Gasteiger partial charge in [-0.3, -0.25) is 4.90 Å². The van der Waals surface area contributed by atoms with Gasteiger partial charge in [-0.05, 0) is 79.9 Å². The van der Waals surface area contributed by atoms with Crippen LogP contribution in [-0.4, -0.2) is 52.6 Å². The first kappa shape index (κ1) is 25.5. The summed E-state index contributed by atoms with van der Waals surface area (Å²) >= 11 is 0. The Morgan fingerprint density at radius 1 is 1.08 bits per heavy atom. The first-order chi connectivity index (χ1) is 18.3. The number of aryl methyl sites for hydroxylation is 2. The lowest BCUT2D eigenvalue weighted by Gasteiger charge is -2.37. The summed E-state index contributed by atoms with van der Waals surface area (Å²) in [7, 11) is 0. The largest absolute Gasteiger partial charge is 0.433 e. The highest BCUT2D eigenvalue weighted by molar-refractivity contribution is 5.84. The van der Waals surface area contributed by atoms with Crippen LogP contribution in [0.2, 0.25) is 0 Å². The predicted molar refractivity (Wildman–Crippen MR) is 138 cm³/mol. The number of H-pyrrole nitrogens is 1. The van der Waals surface area contributed by atoms with E-state index in [1.807, 2.05) is 37.4 Å². The molecule has 7 nitrogen and oxygen atoms in total. The van der Waals surface area contributed by atoms with Crippen molar-refractivity contribution in [3.63, 3.8) is 0 Å². The molecule has 0 radical (unpaired) electrons. The molecule has 0 aliphatic carbocycles. The maximum absolute atomic E-state index is 12.9. The molecule has 1 fully saturated rings. The number of nitriles is 1. The van der Waals surface area contributed by atoms with Crippen molar-refractivity contribution in [3.05, 3.63) is 77.2 Å². The third-order valence-corrected chi connectivity index (χ3v) is 6.83. The molecule has 0 bridgehead atoms. The van der Waals surface area contributed by atoms with Crippen LogP contribution in [0.3, 0.4) is 0 Å². The summed E-state index contributed by atoms with van der Waals surface area (Å²) < 4.78 is 44.2. The van der Waals surface area contributed by atoms with Crippen molar-refractivity contribution in [2.24, 2.45) is 0 Å². The van der Waals surface area contributed by atoms with Crippen molar-refractivity contribution >= 4 is 16.6 Å². The lowest BCUT2D eigenvalue weighted by atomic mass is 10.1. The quantitative estimate of drug-likeness (QED) is 0.337. The second kappa shape index (κ2) is 10.7. The van der Waals surface area contributed by atoms with Crippen LogP contribution in [-0.2, 0) is 12.6 Å². The number of hydrogen-bond donors (Lipinski definition) is 1. The summed E-state index contributed by atoms with van der Waals surface area (Å²) in [6, 6.07) is 13.9. The molecule has 1 N–H and O–H groups in total.